The van der Waals surface area contributed by atoms with Gasteiger partial charge in [0.1, 0.15) is 18.5 Å². The van der Waals surface area contributed by atoms with E-state index in [4.69, 9.17) is 9.47 Å². The van der Waals surface area contributed by atoms with Crippen LogP contribution < -0.4 is 10.3 Å². The van der Waals surface area contributed by atoms with Crippen molar-refractivity contribution in [3.05, 3.63) is 22.1 Å². The first kappa shape index (κ1) is 15.2. The van der Waals surface area contributed by atoms with E-state index in [2.05, 4.69) is 24.7 Å². The molecule has 6 nitrogen and oxygen atoms in total. The highest BCUT2D eigenvalue weighted by Crippen LogP contribution is 2.28. The zero-order chi connectivity index (χ0) is 14.8. The Morgan fingerprint density at radius 2 is 2.30 bits per heavy atom. The maximum Gasteiger partial charge on any atom is 0.272 e. The molecule has 1 N–H and O–H groups in total. The molecule has 1 aliphatic heterocycles. The third-order valence-corrected chi connectivity index (χ3v) is 4.87. The number of fused-ring (bicyclic) bond motifs is 1. The van der Waals surface area contributed by atoms with Gasteiger partial charge in [-0.2, -0.15) is 5.10 Å². The van der Waals surface area contributed by atoms with E-state index < -0.39 is 14.2 Å². The third kappa shape index (κ3) is 3.91. The lowest BCUT2D eigenvalue weighted by Gasteiger charge is -2.21. The number of hydrogen-bond donors (Lipinski definition) is 1. The van der Waals surface area contributed by atoms with Crippen molar-refractivity contribution < 1.29 is 14.6 Å². The summed E-state index contributed by atoms with van der Waals surface area (Å²) in [7, 11) is -1.14. The van der Waals surface area contributed by atoms with E-state index in [0.717, 1.165) is 6.04 Å². The van der Waals surface area contributed by atoms with Crippen molar-refractivity contribution in [2.24, 2.45) is 0 Å². The van der Waals surface area contributed by atoms with Gasteiger partial charge in [0.25, 0.3) is 5.56 Å². The largest absolute Gasteiger partial charge is 0.491 e. The van der Waals surface area contributed by atoms with Crippen molar-refractivity contribution in [2.75, 3.05) is 13.2 Å². The number of ether oxygens (including phenoxy) is 2. The van der Waals surface area contributed by atoms with Crippen LogP contribution in [0.1, 0.15) is 18.2 Å². The fourth-order valence-corrected chi connectivity index (χ4v) is 2.63. The SMILES string of the molecule is C[Si](C)(C)CCOCn1nc2c(cc1=O)OCCC2O. The van der Waals surface area contributed by atoms with E-state index in [1.54, 1.807) is 0 Å². The molecule has 20 heavy (non-hydrogen) atoms. The van der Waals surface area contributed by atoms with E-state index in [0.29, 0.717) is 31.1 Å². The Morgan fingerprint density at radius 3 is 3.00 bits per heavy atom. The molecule has 0 aromatic carbocycles. The molecule has 0 aliphatic carbocycles. The molecular weight excluding hydrogens is 276 g/mol. The Bertz CT molecular complexity index is 524. The van der Waals surface area contributed by atoms with Gasteiger partial charge >= 0.3 is 0 Å². The van der Waals surface area contributed by atoms with Crippen LogP contribution in [0.3, 0.4) is 0 Å². The first-order chi connectivity index (χ1) is 9.37. The van der Waals surface area contributed by atoms with Gasteiger partial charge in [0.2, 0.25) is 0 Å². The summed E-state index contributed by atoms with van der Waals surface area (Å²) in [5.41, 5.74) is 0.149. The second kappa shape index (κ2) is 6.07. The predicted octanol–water partition coefficient (Wildman–Crippen LogP) is 1.37. The molecule has 1 atom stereocenters. The van der Waals surface area contributed by atoms with Crippen molar-refractivity contribution in [3.8, 4) is 5.75 Å². The normalized spacial score (nSPS) is 18.5. The molecule has 0 fully saturated rings. The molecular formula is C13H22N2O4Si. The highest BCUT2D eigenvalue weighted by molar-refractivity contribution is 6.76. The van der Waals surface area contributed by atoms with Gasteiger partial charge in [-0.05, 0) is 6.04 Å². The zero-order valence-electron chi connectivity index (χ0n) is 12.3. The monoisotopic (exact) mass is 298 g/mol. The highest BCUT2D eigenvalue weighted by atomic mass is 28.3. The van der Waals surface area contributed by atoms with Crippen LogP contribution in [0.2, 0.25) is 25.7 Å². The van der Waals surface area contributed by atoms with Crippen molar-refractivity contribution in [2.45, 2.75) is 44.9 Å². The molecule has 2 rings (SSSR count). The van der Waals surface area contributed by atoms with Crippen molar-refractivity contribution in [3.63, 3.8) is 0 Å². The van der Waals surface area contributed by atoms with Gasteiger partial charge in [-0.25, -0.2) is 4.68 Å². The van der Waals surface area contributed by atoms with Crippen LogP contribution in [0.15, 0.2) is 10.9 Å². The summed E-state index contributed by atoms with van der Waals surface area (Å²) >= 11 is 0. The molecule has 1 aromatic rings. The number of aliphatic hydroxyl groups excluding tert-OH is 1. The van der Waals surface area contributed by atoms with Gasteiger partial charge < -0.3 is 14.6 Å². The summed E-state index contributed by atoms with van der Waals surface area (Å²) in [6.07, 6.45) is -0.179. The first-order valence-corrected chi connectivity index (χ1v) is 10.6. The maximum absolute atomic E-state index is 11.9. The van der Waals surface area contributed by atoms with Crippen LogP contribution in [-0.4, -0.2) is 36.2 Å². The van der Waals surface area contributed by atoms with Gasteiger partial charge in [0.05, 0.1) is 6.61 Å². The van der Waals surface area contributed by atoms with Gasteiger partial charge in [-0.15, -0.1) is 0 Å². The molecule has 0 saturated carbocycles. The second-order valence-corrected chi connectivity index (χ2v) is 11.9. The fourth-order valence-electron chi connectivity index (χ4n) is 1.87. The van der Waals surface area contributed by atoms with Crippen LogP contribution in [0, 0.1) is 0 Å². The minimum absolute atomic E-state index is 0.114. The second-order valence-electron chi connectivity index (χ2n) is 6.23. The number of aliphatic hydroxyl groups is 1. The van der Waals surface area contributed by atoms with E-state index >= 15 is 0 Å². The molecule has 1 aliphatic rings. The topological polar surface area (TPSA) is 73.6 Å². The Hall–Kier alpha value is -1.18. The standard InChI is InChI=1S/C13H22N2O4Si/c1-20(2,3)7-6-18-9-15-12(17)8-11-13(14-15)10(16)4-5-19-11/h8,10,16H,4-7,9H2,1-3H3. The van der Waals surface area contributed by atoms with E-state index in [1.165, 1.54) is 10.7 Å². The molecule has 7 heteroatoms. The van der Waals surface area contributed by atoms with Crippen molar-refractivity contribution >= 4 is 8.07 Å². The number of rotatable bonds is 5. The quantitative estimate of drug-likeness (QED) is 0.656. The molecule has 1 unspecified atom stereocenters. The van der Waals surface area contributed by atoms with Crippen LogP contribution in [-0.2, 0) is 11.5 Å². The van der Waals surface area contributed by atoms with Gasteiger partial charge in [-0.3, -0.25) is 4.79 Å². The van der Waals surface area contributed by atoms with E-state index in [1.807, 2.05) is 0 Å². The Balaban J connectivity index is 2.02. The van der Waals surface area contributed by atoms with Crippen LogP contribution in [0.5, 0.6) is 5.75 Å². The number of aromatic nitrogens is 2. The number of hydrogen-bond acceptors (Lipinski definition) is 5. The highest BCUT2D eigenvalue weighted by Gasteiger charge is 2.22. The molecule has 0 amide bonds. The van der Waals surface area contributed by atoms with Gasteiger partial charge in [0.15, 0.2) is 5.75 Å². The average Bonchev–Trinajstić information content (AvgIpc) is 2.34. The molecule has 0 saturated heterocycles. The summed E-state index contributed by atoms with van der Waals surface area (Å²) in [5, 5.41) is 14.0. The zero-order valence-corrected chi connectivity index (χ0v) is 13.3. The molecule has 0 radical (unpaired) electrons. The van der Waals surface area contributed by atoms with Crippen LogP contribution in [0.4, 0.5) is 0 Å². The van der Waals surface area contributed by atoms with E-state index in [-0.39, 0.29) is 12.3 Å². The molecule has 0 spiro atoms. The average molecular weight is 298 g/mol. The molecule has 2 heterocycles. The van der Waals surface area contributed by atoms with Crippen molar-refractivity contribution in [1.29, 1.82) is 0 Å². The van der Waals surface area contributed by atoms with Gasteiger partial charge in [0, 0.05) is 27.2 Å². The summed E-state index contributed by atoms with van der Waals surface area (Å²) in [6, 6.07) is 2.41. The van der Waals surface area contributed by atoms with Crippen molar-refractivity contribution in [1.82, 2.24) is 9.78 Å². The number of nitrogens with zero attached hydrogens (tertiary/aromatic N) is 2. The summed E-state index contributed by atoms with van der Waals surface area (Å²) in [5.74, 6) is 0.382. The summed E-state index contributed by atoms with van der Waals surface area (Å²) < 4.78 is 12.1. The summed E-state index contributed by atoms with van der Waals surface area (Å²) in [4.78, 5) is 11.9. The first-order valence-electron chi connectivity index (χ1n) is 6.87. The molecule has 0 bridgehead atoms. The Morgan fingerprint density at radius 1 is 1.55 bits per heavy atom. The third-order valence-electron chi connectivity index (χ3n) is 3.16. The smallest absolute Gasteiger partial charge is 0.272 e. The van der Waals surface area contributed by atoms with E-state index in [9.17, 15) is 9.90 Å². The lowest BCUT2D eigenvalue weighted by molar-refractivity contribution is 0.0666. The van der Waals surface area contributed by atoms with Crippen LogP contribution >= 0.6 is 0 Å². The maximum atomic E-state index is 11.9. The molecule has 112 valence electrons. The lowest BCUT2D eigenvalue weighted by Crippen LogP contribution is -2.29. The fraction of sp³-hybridized carbons (Fsp3) is 0.692. The summed E-state index contributed by atoms with van der Waals surface area (Å²) in [6.45, 7) is 7.96. The molecule has 1 aromatic heterocycles. The minimum Gasteiger partial charge on any atom is -0.491 e. The Labute approximate surface area is 119 Å². The van der Waals surface area contributed by atoms with Crippen LogP contribution in [0.25, 0.3) is 0 Å². The predicted molar refractivity (Wildman–Crippen MR) is 77.7 cm³/mol. The van der Waals surface area contributed by atoms with Gasteiger partial charge in [-0.1, -0.05) is 19.6 Å². The Kier molecular flexibility index (Phi) is 4.61. The minimum atomic E-state index is -1.14. The lowest BCUT2D eigenvalue weighted by atomic mass is 10.1.